The first-order valence-corrected chi connectivity index (χ1v) is 7.65. The molecule has 1 aliphatic rings. The van der Waals surface area contributed by atoms with Gasteiger partial charge in [0.1, 0.15) is 5.92 Å². The third-order valence-corrected chi connectivity index (χ3v) is 5.15. The van der Waals surface area contributed by atoms with Crippen LogP contribution in [0, 0.1) is 0 Å². The second-order valence-electron chi connectivity index (χ2n) is 4.82. The van der Waals surface area contributed by atoms with Crippen LogP contribution in [0.4, 0.5) is 0 Å². The molecule has 0 spiro atoms. The Bertz CT molecular complexity index is 630. The van der Waals surface area contributed by atoms with Gasteiger partial charge in [0, 0.05) is 27.9 Å². The van der Waals surface area contributed by atoms with Crippen molar-refractivity contribution in [2.45, 2.75) is 18.9 Å². The number of carboxylic acids is 1. The maximum Gasteiger partial charge on any atom is 0.316 e. The lowest BCUT2D eigenvalue weighted by molar-refractivity contribution is -0.137. The molecule has 2 N–H and O–H groups in total. The van der Waals surface area contributed by atoms with Gasteiger partial charge in [0.15, 0.2) is 0 Å². The van der Waals surface area contributed by atoms with Crippen molar-refractivity contribution in [3.05, 3.63) is 56.2 Å². The Balaban J connectivity index is 2.05. The number of rotatable bonds is 3. The number of carbonyl (C=O) groups is 1. The predicted octanol–water partition coefficient (Wildman–Crippen LogP) is 3.26. The van der Waals surface area contributed by atoms with Gasteiger partial charge in [-0.05, 0) is 29.7 Å². The fraction of sp³-hybridized carbons (Fsp3) is 0.267. The van der Waals surface area contributed by atoms with Gasteiger partial charge in [0.25, 0.3) is 0 Å². The van der Waals surface area contributed by atoms with E-state index in [0.717, 1.165) is 24.4 Å². The molecule has 0 amide bonds. The van der Waals surface area contributed by atoms with Crippen molar-refractivity contribution < 1.29 is 9.90 Å². The molecule has 0 saturated carbocycles. The molecule has 0 saturated heterocycles. The van der Waals surface area contributed by atoms with Crippen LogP contribution in [0.15, 0.2) is 30.3 Å². The minimum atomic E-state index is -0.857. The average molecular weight is 308 g/mol. The Morgan fingerprint density at radius 2 is 2.20 bits per heavy atom. The maximum atomic E-state index is 11.7. The zero-order chi connectivity index (χ0) is 14.1. The summed E-state index contributed by atoms with van der Waals surface area (Å²) in [4.78, 5) is 13.8. The molecule has 5 heteroatoms. The monoisotopic (exact) mass is 307 g/mol. The molecule has 0 aliphatic carbocycles. The summed E-state index contributed by atoms with van der Waals surface area (Å²) in [7, 11) is 0. The standard InChI is InChI=1S/C15H14ClNO2S/c16-11-4-2-1-3-10(11)14(15(18)19)13-7-9-8-17-6-5-12(9)20-13/h1-4,7,14,17H,5-6,8H2,(H,18,19)/t14-/m1/s1. The lowest BCUT2D eigenvalue weighted by atomic mass is 9.96. The highest BCUT2D eigenvalue weighted by atomic mass is 35.5. The number of aliphatic carboxylic acids is 1. The van der Waals surface area contributed by atoms with Gasteiger partial charge in [0.2, 0.25) is 0 Å². The molecular weight excluding hydrogens is 294 g/mol. The van der Waals surface area contributed by atoms with Gasteiger partial charge < -0.3 is 10.4 Å². The topological polar surface area (TPSA) is 49.3 Å². The van der Waals surface area contributed by atoms with Crippen LogP contribution in [-0.2, 0) is 17.8 Å². The van der Waals surface area contributed by atoms with Crippen LogP contribution in [0.1, 0.15) is 26.8 Å². The second kappa shape index (κ2) is 5.56. The summed E-state index contributed by atoms with van der Waals surface area (Å²) in [6.07, 6.45) is 0.967. The fourth-order valence-electron chi connectivity index (χ4n) is 2.54. The van der Waals surface area contributed by atoms with Gasteiger partial charge in [-0.25, -0.2) is 0 Å². The van der Waals surface area contributed by atoms with Crippen LogP contribution in [0.2, 0.25) is 5.02 Å². The van der Waals surface area contributed by atoms with E-state index >= 15 is 0 Å². The summed E-state index contributed by atoms with van der Waals surface area (Å²) in [6, 6.07) is 9.18. The van der Waals surface area contributed by atoms with Gasteiger partial charge in [-0.15, -0.1) is 11.3 Å². The number of thiophene rings is 1. The predicted molar refractivity (Wildman–Crippen MR) is 80.7 cm³/mol. The number of carboxylic acid groups (broad SMARTS) is 1. The number of hydrogen-bond acceptors (Lipinski definition) is 3. The van der Waals surface area contributed by atoms with E-state index in [-0.39, 0.29) is 0 Å². The molecule has 3 rings (SSSR count). The first kappa shape index (κ1) is 13.6. The molecule has 1 aromatic heterocycles. The number of nitrogens with one attached hydrogen (secondary N) is 1. The third kappa shape index (κ3) is 2.46. The molecule has 3 nitrogen and oxygen atoms in total. The highest BCUT2D eigenvalue weighted by Gasteiger charge is 2.27. The molecule has 0 unspecified atom stereocenters. The molecule has 0 radical (unpaired) electrons. The quantitative estimate of drug-likeness (QED) is 0.915. The van der Waals surface area contributed by atoms with Gasteiger partial charge in [0.05, 0.1) is 0 Å². The maximum absolute atomic E-state index is 11.7. The van der Waals surface area contributed by atoms with Crippen LogP contribution in [-0.4, -0.2) is 17.6 Å². The molecule has 0 bridgehead atoms. The summed E-state index contributed by atoms with van der Waals surface area (Å²) < 4.78 is 0. The molecule has 1 atom stereocenters. The number of benzene rings is 1. The number of halogens is 1. The highest BCUT2D eigenvalue weighted by molar-refractivity contribution is 7.12. The summed E-state index contributed by atoms with van der Waals surface area (Å²) in [5.41, 5.74) is 1.88. The van der Waals surface area contributed by atoms with Crippen molar-refractivity contribution in [3.63, 3.8) is 0 Å². The van der Waals surface area contributed by atoms with Crippen LogP contribution >= 0.6 is 22.9 Å². The van der Waals surface area contributed by atoms with Gasteiger partial charge >= 0.3 is 5.97 Å². The second-order valence-corrected chi connectivity index (χ2v) is 6.39. The highest BCUT2D eigenvalue weighted by Crippen LogP contribution is 2.37. The first-order valence-electron chi connectivity index (χ1n) is 6.46. The van der Waals surface area contributed by atoms with E-state index in [0.29, 0.717) is 10.6 Å². The molecule has 1 aromatic carbocycles. The minimum Gasteiger partial charge on any atom is -0.481 e. The van der Waals surface area contributed by atoms with Crippen molar-refractivity contribution in [1.29, 1.82) is 0 Å². The van der Waals surface area contributed by atoms with Crippen molar-refractivity contribution in [2.75, 3.05) is 6.54 Å². The van der Waals surface area contributed by atoms with Crippen molar-refractivity contribution in [2.24, 2.45) is 0 Å². The van der Waals surface area contributed by atoms with Gasteiger partial charge in [-0.3, -0.25) is 4.79 Å². The van der Waals surface area contributed by atoms with Gasteiger partial charge in [-0.1, -0.05) is 29.8 Å². The lowest BCUT2D eigenvalue weighted by Gasteiger charge is -2.12. The molecule has 1 aliphatic heterocycles. The smallest absolute Gasteiger partial charge is 0.316 e. The molecule has 2 heterocycles. The molecule has 2 aromatic rings. The normalized spacial score (nSPS) is 15.7. The van der Waals surface area contributed by atoms with Gasteiger partial charge in [-0.2, -0.15) is 0 Å². The summed E-state index contributed by atoms with van der Waals surface area (Å²) >= 11 is 7.76. The third-order valence-electron chi connectivity index (χ3n) is 3.51. The van der Waals surface area contributed by atoms with E-state index in [9.17, 15) is 9.90 Å². The molecule has 20 heavy (non-hydrogen) atoms. The Morgan fingerprint density at radius 3 is 2.90 bits per heavy atom. The van der Waals surface area contributed by atoms with Crippen molar-refractivity contribution >= 4 is 28.9 Å². The largest absolute Gasteiger partial charge is 0.481 e. The average Bonchev–Trinajstić information content (AvgIpc) is 2.84. The Kier molecular flexibility index (Phi) is 3.78. The molecular formula is C15H14ClNO2S. The SMILES string of the molecule is O=C(O)[C@@H](c1cc2c(s1)CCNC2)c1ccccc1Cl. The van der Waals surface area contributed by atoms with Crippen molar-refractivity contribution in [1.82, 2.24) is 5.32 Å². The molecule has 0 fully saturated rings. The first-order chi connectivity index (χ1) is 9.66. The van der Waals surface area contributed by atoms with Crippen LogP contribution in [0.3, 0.4) is 0 Å². The van der Waals surface area contributed by atoms with E-state index in [2.05, 4.69) is 5.32 Å². The van der Waals surface area contributed by atoms with E-state index < -0.39 is 11.9 Å². The molecule has 104 valence electrons. The number of fused-ring (bicyclic) bond motifs is 1. The van der Waals surface area contributed by atoms with Crippen LogP contribution in [0.5, 0.6) is 0 Å². The zero-order valence-electron chi connectivity index (χ0n) is 10.7. The minimum absolute atomic E-state index is 0.504. The Morgan fingerprint density at radius 1 is 1.40 bits per heavy atom. The van der Waals surface area contributed by atoms with E-state index in [1.165, 1.54) is 10.4 Å². The van der Waals surface area contributed by atoms with Crippen LogP contribution < -0.4 is 5.32 Å². The summed E-state index contributed by atoms with van der Waals surface area (Å²) in [5, 5.41) is 13.4. The van der Waals surface area contributed by atoms with E-state index in [4.69, 9.17) is 11.6 Å². The van der Waals surface area contributed by atoms with E-state index in [1.54, 1.807) is 23.5 Å². The fourth-order valence-corrected chi connectivity index (χ4v) is 4.08. The number of hydrogen-bond donors (Lipinski definition) is 2. The summed E-state index contributed by atoms with van der Waals surface area (Å²) in [5.74, 6) is -1.54. The Hall–Kier alpha value is -1.36. The Labute approximate surface area is 126 Å². The zero-order valence-corrected chi connectivity index (χ0v) is 12.3. The van der Waals surface area contributed by atoms with E-state index in [1.807, 2.05) is 18.2 Å². The van der Waals surface area contributed by atoms with Crippen LogP contribution in [0.25, 0.3) is 0 Å². The summed E-state index contributed by atoms with van der Waals surface area (Å²) in [6.45, 7) is 1.78. The lowest BCUT2D eigenvalue weighted by Crippen LogP contribution is -2.21. The van der Waals surface area contributed by atoms with Crippen molar-refractivity contribution in [3.8, 4) is 0 Å².